The highest BCUT2D eigenvalue weighted by atomic mass is 79.9. The molecule has 1 N–H and O–H groups in total. The van der Waals surface area contributed by atoms with Crippen molar-refractivity contribution in [1.29, 1.82) is 0 Å². The normalized spacial score (nSPS) is 21.1. The van der Waals surface area contributed by atoms with Crippen molar-refractivity contribution in [2.75, 3.05) is 19.0 Å². The fourth-order valence-corrected chi connectivity index (χ4v) is 6.23. The summed E-state index contributed by atoms with van der Waals surface area (Å²) in [5, 5.41) is 8.03. The minimum Gasteiger partial charge on any atom is -0.384 e. The SMILES string of the molecule is COC[C@@]12C[C@@H](C(=O)Nc3cccc(Br)n3)N(C(=O)Cn3nc(C(C)=O)c4cc(-c5cnc(C)nc5)ccc43)[C@@H]1C2. The number of carbonyl (C=O) groups excluding carboxylic acids is 3. The van der Waals surface area contributed by atoms with Gasteiger partial charge in [0, 0.05) is 48.8 Å². The van der Waals surface area contributed by atoms with Crippen molar-refractivity contribution in [3.05, 3.63) is 64.9 Å². The number of pyridine rings is 1. The number of carbonyl (C=O) groups is 3. The van der Waals surface area contributed by atoms with Gasteiger partial charge in [-0.15, -0.1) is 0 Å². The number of anilines is 1. The number of aromatic nitrogens is 5. The molecule has 2 aliphatic rings. The molecule has 6 rings (SSSR count). The zero-order valence-corrected chi connectivity index (χ0v) is 24.4. The van der Waals surface area contributed by atoms with Crippen LogP contribution in [0.2, 0.25) is 0 Å². The first-order chi connectivity index (χ1) is 19.7. The van der Waals surface area contributed by atoms with Crippen molar-refractivity contribution in [3.63, 3.8) is 0 Å². The molecule has 41 heavy (non-hydrogen) atoms. The lowest BCUT2D eigenvalue weighted by atomic mass is 10.00. The van der Waals surface area contributed by atoms with Crippen LogP contribution in [0.4, 0.5) is 5.82 Å². The zero-order chi connectivity index (χ0) is 28.9. The van der Waals surface area contributed by atoms with Crippen LogP contribution >= 0.6 is 15.9 Å². The number of hydrogen-bond acceptors (Lipinski definition) is 8. The van der Waals surface area contributed by atoms with Gasteiger partial charge in [-0.3, -0.25) is 19.1 Å². The van der Waals surface area contributed by atoms with E-state index in [9.17, 15) is 14.4 Å². The van der Waals surface area contributed by atoms with Crippen LogP contribution < -0.4 is 5.32 Å². The molecule has 210 valence electrons. The molecule has 1 aromatic carbocycles. The third kappa shape index (κ3) is 5.02. The summed E-state index contributed by atoms with van der Waals surface area (Å²) < 4.78 is 7.61. The predicted octanol–water partition coefficient (Wildman–Crippen LogP) is 3.81. The molecule has 4 heterocycles. The van der Waals surface area contributed by atoms with Crippen molar-refractivity contribution in [1.82, 2.24) is 29.6 Å². The number of likely N-dealkylation sites (tertiary alicyclic amines) is 1. The lowest BCUT2D eigenvalue weighted by molar-refractivity contribution is -0.138. The number of rotatable bonds is 8. The van der Waals surface area contributed by atoms with Crippen LogP contribution in [0, 0.1) is 12.3 Å². The molecule has 0 spiro atoms. The smallest absolute Gasteiger partial charge is 0.248 e. The first-order valence-electron chi connectivity index (χ1n) is 13.2. The summed E-state index contributed by atoms with van der Waals surface area (Å²) in [5.41, 5.74) is 2.33. The summed E-state index contributed by atoms with van der Waals surface area (Å²) in [4.78, 5) is 54.4. The lowest BCUT2D eigenvalue weighted by Gasteiger charge is -2.26. The number of piperidine rings is 1. The maximum atomic E-state index is 13.9. The van der Waals surface area contributed by atoms with Gasteiger partial charge in [0.15, 0.2) is 5.78 Å². The molecule has 2 fully saturated rings. The van der Waals surface area contributed by atoms with Crippen LogP contribution in [0.5, 0.6) is 0 Å². The van der Waals surface area contributed by atoms with E-state index in [1.165, 1.54) is 6.92 Å². The Morgan fingerprint density at radius 3 is 2.61 bits per heavy atom. The number of ether oxygens (including phenoxy) is 1. The van der Waals surface area contributed by atoms with E-state index in [-0.39, 0.29) is 41.3 Å². The average Bonchev–Trinajstić information content (AvgIpc) is 3.35. The van der Waals surface area contributed by atoms with Gasteiger partial charge in [-0.2, -0.15) is 5.10 Å². The van der Waals surface area contributed by atoms with Gasteiger partial charge in [-0.25, -0.2) is 15.0 Å². The Labute approximate surface area is 244 Å². The molecule has 3 aromatic heterocycles. The summed E-state index contributed by atoms with van der Waals surface area (Å²) >= 11 is 3.32. The standard InChI is InChI=1S/C29H28BrN7O4/c1-16(38)27-20-9-18(19-12-31-17(2)32-13-19)7-8-21(20)36(35-27)14-26(39)37-22(10-29(15-41-3)11-23(29)37)28(40)34-25-6-4-5-24(30)33-25/h4-9,12-13,22-23H,10-11,14-15H2,1-3H3,(H,33,34,40)/t22-,23+,29-/m0/s1. The second kappa shape index (κ2) is 10.4. The van der Waals surface area contributed by atoms with Crippen molar-refractivity contribution >= 4 is 50.2 Å². The summed E-state index contributed by atoms with van der Waals surface area (Å²) in [5.74, 6) is 0.309. The van der Waals surface area contributed by atoms with Gasteiger partial charge in [-0.1, -0.05) is 12.1 Å². The molecule has 4 aromatic rings. The van der Waals surface area contributed by atoms with Gasteiger partial charge in [0.25, 0.3) is 0 Å². The van der Waals surface area contributed by atoms with Crippen molar-refractivity contribution < 1.29 is 19.1 Å². The number of methoxy groups -OCH3 is 1. The topological polar surface area (TPSA) is 132 Å². The van der Waals surface area contributed by atoms with Crippen molar-refractivity contribution in [2.45, 2.75) is 45.3 Å². The number of hydrogen-bond donors (Lipinski definition) is 1. The number of nitrogens with one attached hydrogen (secondary N) is 1. The van der Waals surface area contributed by atoms with Crippen molar-refractivity contribution in [3.8, 4) is 11.1 Å². The van der Waals surface area contributed by atoms with Crippen LogP contribution in [0.15, 0.2) is 53.4 Å². The fourth-order valence-electron chi connectivity index (χ4n) is 5.89. The van der Waals surface area contributed by atoms with Crippen LogP contribution in [-0.4, -0.2) is 73.0 Å². The van der Waals surface area contributed by atoms with Crippen LogP contribution in [0.1, 0.15) is 36.1 Å². The molecule has 1 aliphatic carbocycles. The van der Waals surface area contributed by atoms with Gasteiger partial charge in [0.1, 0.15) is 34.5 Å². The van der Waals surface area contributed by atoms with E-state index in [0.717, 1.165) is 17.5 Å². The van der Waals surface area contributed by atoms with Crippen LogP contribution in [-0.2, 0) is 20.9 Å². The van der Waals surface area contributed by atoms with E-state index >= 15 is 0 Å². The van der Waals surface area contributed by atoms with Crippen molar-refractivity contribution in [2.24, 2.45) is 5.41 Å². The highest BCUT2D eigenvalue weighted by Gasteiger charge is 2.67. The Balaban J connectivity index is 1.30. The van der Waals surface area contributed by atoms with E-state index in [2.05, 4.69) is 41.3 Å². The Morgan fingerprint density at radius 2 is 1.90 bits per heavy atom. The largest absolute Gasteiger partial charge is 0.384 e. The second-order valence-electron chi connectivity index (χ2n) is 10.7. The molecule has 3 atom stereocenters. The highest BCUT2D eigenvalue weighted by molar-refractivity contribution is 9.10. The van der Waals surface area contributed by atoms with Gasteiger partial charge in [-0.05, 0) is 65.5 Å². The third-order valence-corrected chi connectivity index (χ3v) is 8.33. The van der Waals surface area contributed by atoms with E-state index in [0.29, 0.717) is 40.2 Å². The van der Waals surface area contributed by atoms with E-state index in [1.807, 2.05) is 25.1 Å². The zero-order valence-electron chi connectivity index (χ0n) is 22.8. The number of aryl methyl sites for hydroxylation is 1. The molecule has 2 amide bonds. The molecule has 0 unspecified atom stereocenters. The number of Topliss-reactive ketones (excluding diaryl/α,β-unsaturated/α-hetero) is 1. The Bertz CT molecular complexity index is 1690. The minimum absolute atomic E-state index is 0.108. The van der Waals surface area contributed by atoms with Gasteiger partial charge < -0.3 is 15.0 Å². The molecule has 12 heteroatoms. The van der Waals surface area contributed by atoms with Gasteiger partial charge in [0.2, 0.25) is 11.8 Å². The molecule has 11 nitrogen and oxygen atoms in total. The number of benzene rings is 1. The Kier molecular flexibility index (Phi) is 6.90. The van der Waals surface area contributed by atoms with E-state index in [4.69, 9.17) is 4.74 Å². The minimum atomic E-state index is -0.681. The number of ketones is 1. The highest BCUT2D eigenvalue weighted by Crippen LogP contribution is 2.59. The summed E-state index contributed by atoms with van der Waals surface area (Å²) in [6.07, 6.45) is 4.73. The number of amides is 2. The second-order valence-corrected chi connectivity index (χ2v) is 11.5. The molecule has 0 radical (unpaired) electrons. The maximum absolute atomic E-state index is 13.9. The molecular weight excluding hydrogens is 590 g/mol. The van der Waals surface area contributed by atoms with Crippen LogP contribution in [0.3, 0.4) is 0 Å². The average molecular weight is 618 g/mol. The maximum Gasteiger partial charge on any atom is 0.248 e. The van der Waals surface area contributed by atoms with E-state index in [1.54, 1.807) is 47.3 Å². The molecule has 1 saturated heterocycles. The lowest BCUT2D eigenvalue weighted by Crippen LogP contribution is -2.46. The number of halogens is 1. The fraction of sp³-hybridized carbons (Fsp3) is 0.345. The summed E-state index contributed by atoms with van der Waals surface area (Å²) in [7, 11) is 1.63. The van der Waals surface area contributed by atoms with Crippen LogP contribution in [0.25, 0.3) is 22.0 Å². The van der Waals surface area contributed by atoms with Gasteiger partial charge >= 0.3 is 0 Å². The predicted molar refractivity (Wildman–Crippen MR) is 154 cm³/mol. The monoisotopic (exact) mass is 617 g/mol. The Morgan fingerprint density at radius 1 is 1.12 bits per heavy atom. The molecule has 1 aliphatic heterocycles. The molecule has 1 saturated carbocycles. The third-order valence-electron chi connectivity index (χ3n) is 7.89. The Hall–Kier alpha value is -4.03. The quantitative estimate of drug-likeness (QED) is 0.233. The summed E-state index contributed by atoms with van der Waals surface area (Å²) in [6, 6.07) is 10.1. The first kappa shape index (κ1) is 27.2. The molecule has 0 bridgehead atoms. The van der Waals surface area contributed by atoms with Gasteiger partial charge in [0.05, 0.1) is 12.1 Å². The molecular formula is C29H28BrN7O4. The number of fused-ring (bicyclic) bond motifs is 2. The summed E-state index contributed by atoms with van der Waals surface area (Å²) in [6.45, 7) is 3.62. The first-order valence-corrected chi connectivity index (χ1v) is 14.0. The number of nitrogens with zero attached hydrogens (tertiary/aromatic N) is 6. The van der Waals surface area contributed by atoms with E-state index < -0.39 is 6.04 Å².